The van der Waals surface area contributed by atoms with E-state index in [9.17, 15) is 0 Å². The second-order valence-electron chi connectivity index (χ2n) is 5.03. The van der Waals surface area contributed by atoms with Crippen molar-refractivity contribution in [1.29, 1.82) is 0 Å². The zero-order chi connectivity index (χ0) is 12.4. The Morgan fingerprint density at radius 1 is 1.39 bits per heavy atom. The maximum absolute atomic E-state index is 4.16. The number of imidazole rings is 1. The number of nitrogens with zero attached hydrogens (tertiary/aromatic N) is 3. The topological polar surface area (TPSA) is 60.6 Å². The summed E-state index contributed by atoms with van der Waals surface area (Å²) in [5, 5.41) is 7.32. The van der Waals surface area contributed by atoms with Crippen LogP contribution in [-0.4, -0.2) is 31.6 Å². The molecule has 5 nitrogen and oxygen atoms in total. The van der Waals surface area contributed by atoms with Gasteiger partial charge in [-0.05, 0) is 31.9 Å². The third-order valence-corrected chi connectivity index (χ3v) is 3.74. The van der Waals surface area contributed by atoms with E-state index in [-0.39, 0.29) is 0 Å². The van der Waals surface area contributed by atoms with Crippen LogP contribution in [-0.2, 0) is 6.54 Å². The molecule has 1 atom stereocenters. The van der Waals surface area contributed by atoms with Gasteiger partial charge in [0.15, 0.2) is 0 Å². The molecule has 0 aromatic carbocycles. The standard InChI is InChI=1S/C13H19N5/c1-10-6-16-17-13(10)12-4-2-3-5-18(12)8-11-7-14-9-15-11/h6-7,9,12H,2-5,8H2,1H3,(H,14,15)(H,16,17)/t12-/m0/s1. The molecule has 0 radical (unpaired) electrons. The Balaban J connectivity index is 1.80. The first-order valence-electron chi connectivity index (χ1n) is 6.56. The van der Waals surface area contributed by atoms with Crippen LogP contribution in [0.25, 0.3) is 0 Å². The summed E-state index contributed by atoms with van der Waals surface area (Å²) in [7, 11) is 0. The maximum atomic E-state index is 4.16. The van der Waals surface area contributed by atoms with E-state index in [0.717, 1.165) is 13.1 Å². The van der Waals surface area contributed by atoms with E-state index in [4.69, 9.17) is 0 Å². The number of hydrogen-bond acceptors (Lipinski definition) is 3. The van der Waals surface area contributed by atoms with Gasteiger partial charge in [0, 0.05) is 18.4 Å². The fraction of sp³-hybridized carbons (Fsp3) is 0.538. The smallest absolute Gasteiger partial charge is 0.0922 e. The Morgan fingerprint density at radius 3 is 3.06 bits per heavy atom. The fourth-order valence-electron chi connectivity index (χ4n) is 2.79. The molecule has 0 spiro atoms. The molecule has 2 aromatic rings. The summed E-state index contributed by atoms with van der Waals surface area (Å²) in [4.78, 5) is 9.79. The molecule has 3 rings (SSSR count). The molecule has 2 N–H and O–H groups in total. The largest absolute Gasteiger partial charge is 0.347 e. The molecule has 3 heterocycles. The highest BCUT2D eigenvalue weighted by atomic mass is 15.2. The zero-order valence-corrected chi connectivity index (χ0v) is 10.7. The van der Waals surface area contributed by atoms with Crippen LogP contribution in [0.3, 0.4) is 0 Å². The van der Waals surface area contributed by atoms with Crippen molar-refractivity contribution in [3.05, 3.63) is 35.7 Å². The number of nitrogens with one attached hydrogen (secondary N) is 2. The average Bonchev–Trinajstić information content (AvgIpc) is 3.02. The van der Waals surface area contributed by atoms with Gasteiger partial charge in [-0.25, -0.2) is 4.98 Å². The molecule has 0 amide bonds. The highest BCUT2D eigenvalue weighted by Crippen LogP contribution is 2.32. The second-order valence-corrected chi connectivity index (χ2v) is 5.03. The Bertz CT molecular complexity index is 487. The maximum Gasteiger partial charge on any atom is 0.0922 e. The first kappa shape index (κ1) is 11.5. The van der Waals surface area contributed by atoms with Gasteiger partial charge in [-0.3, -0.25) is 10.00 Å². The molecule has 1 saturated heterocycles. The molecule has 1 aliphatic rings. The molecule has 0 bridgehead atoms. The van der Waals surface area contributed by atoms with Crippen LogP contribution < -0.4 is 0 Å². The van der Waals surface area contributed by atoms with Gasteiger partial charge in [0.2, 0.25) is 0 Å². The molecule has 96 valence electrons. The van der Waals surface area contributed by atoms with Crippen molar-refractivity contribution in [2.45, 2.75) is 38.8 Å². The van der Waals surface area contributed by atoms with Crippen molar-refractivity contribution in [3.8, 4) is 0 Å². The molecule has 2 aromatic heterocycles. The normalized spacial score (nSPS) is 21.3. The molecule has 18 heavy (non-hydrogen) atoms. The van der Waals surface area contributed by atoms with Crippen molar-refractivity contribution in [2.75, 3.05) is 6.54 Å². The number of likely N-dealkylation sites (tertiary alicyclic amines) is 1. The van der Waals surface area contributed by atoms with Crippen LogP contribution in [0.15, 0.2) is 18.7 Å². The van der Waals surface area contributed by atoms with Gasteiger partial charge < -0.3 is 4.98 Å². The number of hydrogen-bond donors (Lipinski definition) is 2. The van der Waals surface area contributed by atoms with Crippen LogP contribution in [0.1, 0.15) is 42.3 Å². The van der Waals surface area contributed by atoms with Gasteiger partial charge in [0.25, 0.3) is 0 Å². The van der Waals surface area contributed by atoms with Gasteiger partial charge in [-0.15, -0.1) is 0 Å². The summed E-state index contributed by atoms with van der Waals surface area (Å²) in [5.41, 5.74) is 3.71. The lowest BCUT2D eigenvalue weighted by atomic mass is 9.97. The summed E-state index contributed by atoms with van der Waals surface area (Å²) >= 11 is 0. The summed E-state index contributed by atoms with van der Waals surface area (Å²) in [6.07, 6.45) is 9.34. The van der Waals surface area contributed by atoms with E-state index < -0.39 is 0 Å². The number of aromatic nitrogens is 4. The minimum Gasteiger partial charge on any atom is -0.347 e. The highest BCUT2D eigenvalue weighted by Gasteiger charge is 2.26. The Hall–Kier alpha value is -1.62. The molecule has 1 fully saturated rings. The van der Waals surface area contributed by atoms with E-state index >= 15 is 0 Å². The minimum atomic E-state index is 0.463. The van der Waals surface area contributed by atoms with Crippen molar-refractivity contribution in [3.63, 3.8) is 0 Å². The molecule has 5 heteroatoms. The first-order valence-corrected chi connectivity index (χ1v) is 6.56. The van der Waals surface area contributed by atoms with Crippen LogP contribution in [0.5, 0.6) is 0 Å². The quantitative estimate of drug-likeness (QED) is 0.871. The van der Waals surface area contributed by atoms with E-state index in [2.05, 4.69) is 32.0 Å². The lowest BCUT2D eigenvalue weighted by Crippen LogP contribution is -2.33. The molecule has 0 aliphatic carbocycles. The molecule has 0 saturated carbocycles. The van der Waals surface area contributed by atoms with Crippen molar-refractivity contribution >= 4 is 0 Å². The SMILES string of the molecule is Cc1cn[nH]c1[C@@H]1CCCCN1Cc1cnc[nH]1. The first-order chi connectivity index (χ1) is 8.84. The summed E-state index contributed by atoms with van der Waals surface area (Å²) in [6.45, 7) is 4.20. The fourth-order valence-corrected chi connectivity index (χ4v) is 2.79. The van der Waals surface area contributed by atoms with E-state index in [1.165, 1.54) is 36.2 Å². The Kier molecular flexibility index (Phi) is 3.15. The average molecular weight is 245 g/mol. The molecular formula is C13H19N5. The number of piperidine rings is 1. The summed E-state index contributed by atoms with van der Waals surface area (Å²) in [6, 6.07) is 0.463. The van der Waals surface area contributed by atoms with Gasteiger partial charge in [0.1, 0.15) is 0 Å². The third-order valence-electron chi connectivity index (χ3n) is 3.74. The number of aryl methyl sites for hydroxylation is 1. The second kappa shape index (κ2) is 4.94. The Labute approximate surface area is 107 Å². The molecular weight excluding hydrogens is 226 g/mol. The van der Waals surface area contributed by atoms with Crippen molar-refractivity contribution in [2.24, 2.45) is 0 Å². The monoisotopic (exact) mass is 245 g/mol. The molecule has 1 aliphatic heterocycles. The lowest BCUT2D eigenvalue weighted by Gasteiger charge is -2.35. The number of rotatable bonds is 3. The van der Waals surface area contributed by atoms with E-state index in [0.29, 0.717) is 6.04 Å². The Morgan fingerprint density at radius 2 is 2.33 bits per heavy atom. The summed E-state index contributed by atoms with van der Waals surface area (Å²) < 4.78 is 0. The number of H-pyrrole nitrogens is 2. The summed E-state index contributed by atoms with van der Waals surface area (Å²) in [5.74, 6) is 0. The predicted molar refractivity (Wildman–Crippen MR) is 68.9 cm³/mol. The van der Waals surface area contributed by atoms with Gasteiger partial charge in [0.05, 0.1) is 24.3 Å². The zero-order valence-electron chi connectivity index (χ0n) is 10.7. The van der Waals surface area contributed by atoms with Crippen molar-refractivity contribution in [1.82, 2.24) is 25.1 Å². The van der Waals surface area contributed by atoms with Gasteiger partial charge >= 0.3 is 0 Å². The predicted octanol–water partition coefficient (Wildman–Crippen LogP) is 2.17. The molecule has 0 unspecified atom stereocenters. The van der Waals surface area contributed by atoms with Crippen LogP contribution in [0, 0.1) is 6.92 Å². The van der Waals surface area contributed by atoms with Crippen LogP contribution in [0.2, 0.25) is 0 Å². The van der Waals surface area contributed by atoms with Crippen molar-refractivity contribution < 1.29 is 0 Å². The van der Waals surface area contributed by atoms with Crippen LogP contribution in [0.4, 0.5) is 0 Å². The van der Waals surface area contributed by atoms with E-state index in [1.807, 2.05) is 12.4 Å². The number of aromatic amines is 2. The highest BCUT2D eigenvalue weighted by molar-refractivity contribution is 5.18. The lowest BCUT2D eigenvalue weighted by molar-refractivity contribution is 0.135. The van der Waals surface area contributed by atoms with E-state index in [1.54, 1.807) is 6.33 Å². The van der Waals surface area contributed by atoms with Crippen LogP contribution >= 0.6 is 0 Å². The minimum absolute atomic E-state index is 0.463. The third kappa shape index (κ3) is 2.18. The van der Waals surface area contributed by atoms with Gasteiger partial charge in [-0.1, -0.05) is 6.42 Å². The van der Waals surface area contributed by atoms with Gasteiger partial charge in [-0.2, -0.15) is 5.10 Å².